The molecule has 1 N–H and O–H groups in total. The Kier molecular flexibility index (Phi) is 7.45. The van der Waals surface area contributed by atoms with Crippen LogP contribution in [-0.2, 0) is 11.2 Å². The van der Waals surface area contributed by atoms with Gasteiger partial charge in [0.05, 0.1) is 0 Å². The molecule has 3 rings (SSSR count). The molecule has 1 saturated heterocycles. The van der Waals surface area contributed by atoms with Crippen molar-refractivity contribution in [2.45, 2.75) is 39.0 Å². The number of aromatic nitrogens is 3. The van der Waals surface area contributed by atoms with Gasteiger partial charge in [0.25, 0.3) is 0 Å². The van der Waals surface area contributed by atoms with Gasteiger partial charge in [-0.25, -0.2) is 0 Å². The standard InChI is InChI=1S/C20H32N6O/c1-3-21-20(25(2)14-9-17-10-15-27-16-11-17)22-12-6-8-19-24-23-18-7-4-5-13-26(18)19/h4-5,7,13,17H,3,6,8-12,14-16H2,1-2H3,(H,21,22). The smallest absolute Gasteiger partial charge is 0.193 e. The zero-order valence-electron chi connectivity index (χ0n) is 16.6. The maximum atomic E-state index is 5.45. The molecule has 0 unspecified atom stereocenters. The van der Waals surface area contributed by atoms with Crippen LogP contribution in [0.3, 0.4) is 0 Å². The lowest BCUT2D eigenvalue weighted by molar-refractivity contribution is 0.0625. The summed E-state index contributed by atoms with van der Waals surface area (Å²) in [7, 11) is 2.13. The maximum Gasteiger partial charge on any atom is 0.193 e. The number of aliphatic imine (C=N–C) groups is 1. The topological polar surface area (TPSA) is 67.0 Å². The number of hydrogen-bond acceptors (Lipinski definition) is 4. The first-order valence-electron chi connectivity index (χ1n) is 10.1. The largest absolute Gasteiger partial charge is 0.381 e. The Morgan fingerprint density at radius 3 is 3.00 bits per heavy atom. The van der Waals surface area contributed by atoms with Gasteiger partial charge in [0.1, 0.15) is 5.82 Å². The van der Waals surface area contributed by atoms with E-state index in [-0.39, 0.29) is 0 Å². The fourth-order valence-electron chi connectivity index (χ4n) is 3.47. The first kappa shape index (κ1) is 19.6. The van der Waals surface area contributed by atoms with Crippen molar-refractivity contribution < 1.29 is 4.74 Å². The molecule has 3 heterocycles. The van der Waals surface area contributed by atoms with E-state index in [1.54, 1.807) is 0 Å². The highest BCUT2D eigenvalue weighted by molar-refractivity contribution is 5.79. The van der Waals surface area contributed by atoms with Crippen molar-refractivity contribution in [2.24, 2.45) is 10.9 Å². The third-order valence-corrected chi connectivity index (χ3v) is 5.11. The van der Waals surface area contributed by atoms with Crippen LogP contribution in [0.5, 0.6) is 0 Å². The quantitative estimate of drug-likeness (QED) is 0.438. The Morgan fingerprint density at radius 1 is 1.33 bits per heavy atom. The molecule has 0 aromatic carbocycles. The van der Waals surface area contributed by atoms with Crippen molar-refractivity contribution in [3.63, 3.8) is 0 Å². The molecule has 0 aliphatic carbocycles. The molecular formula is C20H32N6O. The Bertz CT molecular complexity index is 722. The van der Waals surface area contributed by atoms with E-state index in [9.17, 15) is 0 Å². The minimum Gasteiger partial charge on any atom is -0.381 e. The number of rotatable bonds is 8. The number of nitrogens with one attached hydrogen (secondary N) is 1. The van der Waals surface area contributed by atoms with E-state index in [1.165, 1.54) is 19.3 Å². The predicted molar refractivity (Wildman–Crippen MR) is 108 cm³/mol. The van der Waals surface area contributed by atoms with Crippen molar-refractivity contribution >= 4 is 11.6 Å². The average Bonchev–Trinajstić information content (AvgIpc) is 3.12. The maximum absolute atomic E-state index is 5.45. The summed E-state index contributed by atoms with van der Waals surface area (Å²) in [5, 5.41) is 11.9. The van der Waals surface area contributed by atoms with Gasteiger partial charge in [0.15, 0.2) is 11.6 Å². The molecule has 0 saturated carbocycles. The minimum atomic E-state index is 0.783. The molecule has 2 aromatic rings. The fraction of sp³-hybridized carbons (Fsp3) is 0.650. The van der Waals surface area contributed by atoms with E-state index < -0.39 is 0 Å². The molecule has 7 heteroatoms. The molecule has 7 nitrogen and oxygen atoms in total. The molecule has 0 spiro atoms. The summed E-state index contributed by atoms with van der Waals surface area (Å²) < 4.78 is 7.50. The Hall–Kier alpha value is -2.15. The lowest BCUT2D eigenvalue weighted by Gasteiger charge is -2.26. The van der Waals surface area contributed by atoms with Gasteiger partial charge in [-0.05, 0) is 50.7 Å². The lowest BCUT2D eigenvalue weighted by Crippen LogP contribution is -2.40. The first-order valence-corrected chi connectivity index (χ1v) is 10.1. The van der Waals surface area contributed by atoms with Crippen molar-refractivity contribution in [3.8, 4) is 0 Å². The van der Waals surface area contributed by atoms with Crippen LogP contribution < -0.4 is 5.32 Å². The first-order chi connectivity index (χ1) is 13.3. The highest BCUT2D eigenvalue weighted by Gasteiger charge is 2.15. The van der Waals surface area contributed by atoms with E-state index in [2.05, 4.69) is 38.8 Å². The van der Waals surface area contributed by atoms with Crippen LogP contribution in [0, 0.1) is 5.92 Å². The molecule has 0 amide bonds. The van der Waals surface area contributed by atoms with Gasteiger partial charge in [-0.3, -0.25) is 9.39 Å². The fourth-order valence-corrected chi connectivity index (χ4v) is 3.47. The van der Waals surface area contributed by atoms with Crippen molar-refractivity contribution in [2.75, 3.05) is 39.9 Å². The molecule has 0 atom stereocenters. The van der Waals surface area contributed by atoms with Gasteiger partial charge >= 0.3 is 0 Å². The summed E-state index contributed by atoms with van der Waals surface area (Å²) in [6.07, 6.45) is 7.43. The summed E-state index contributed by atoms with van der Waals surface area (Å²) >= 11 is 0. The van der Waals surface area contributed by atoms with Crippen molar-refractivity contribution in [1.82, 2.24) is 24.8 Å². The van der Waals surface area contributed by atoms with Crippen LogP contribution in [0.4, 0.5) is 0 Å². The zero-order chi connectivity index (χ0) is 18.9. The summed E-state index contributed by atoms with van der Waals surface area (Å²) in [6.45, 7) is 6.65. The minimum absolute atomic E-state index is 0.783. The van der Waals surface area contributed by atoms with E-state index in [1.807, 2.05) is 24.4 Å². The van der Waals surface area contributed by atoms with Crippen LogP contribution in [0.2, 0.25) is 0 Å². The summed E-state index contributed by atoms with van der Waals surface area (Å²) in [5.74, 6) is 2.78. The van der Waals surface area contributed by atoms with Crippen LogP contribution in [0.25, 0.3) is 5.65 Å². The lowest BCUT2D eigenvalue weighted by atomic mass is 9.96. The Morgan fingerprint density at radius 2 is 2.19 bits per heavy atom. The molecule has 148 valence electrons. The van der Waals surface area contributed by atoms with Crippen LogP contribution >= 0.6 is 0 Å². The highest BCUT2D eigenvalue weighted by atomic mass is 16.5. The second-order valence-electron chi connectivity index (χ2n) is 7.15. The summed E-state index contributed by atoms with van der Waals surface area (Å²) in [4.78, 5) is 7.06. The van der Waals surface area contributed by atoms with Gasteiger partial charge in [0.2, 0.25) is 0 Å². The number of guanidine groups is 1. The SMILES string of the molecule is CCNC(=NCCCc1nnc2ccccn12)N(C)CCC1CCOCC1. The van der Waals surface area contributed by atoms with Gasteiger partial charge in [0, 0.05) is 52.5 Å². The molecule has 1 aliphatic rings. The summed E-state index contributed by atoms with van der Waals surface area (Å²) in [5.41, 5.74) is 0.900. The number of nitrogens with zero attached hydrogens (tertiary/aromatic N) is 5. The zero-order valence-corrected chi connectivity index (χ0v) is 16.6. The summed E-state index contributed by atoms with van der Waals surface area (Å²) in [6, 6.07) is 5.97. The van der Waals surface area contributed by atoms with E-state index in [0.717, 1.165) is 69.0 Å². The molecule has 0 radical (unpaired) electrons. The Balaban J connectivity index is 1.47. The predicted octanol–water partition coefficient (Wildman–Crippen LogP) is 2.38. The van der Waals surface area contributed by atoms with E-state index in [4.69, 9.17) is 9.73 Å². The van der Waals surface area contributed by atoms with Gasteiger partial charge in [-0.15, -0.1) is 10.2 Å². The second-order valence-corrected chi connectivity index (χ2v) is 7.15. The average molecular weight is 373 g/mol. The van der Waals surface area contributed by atoms with Crippen LogP contribution in [0.15, 0.2) is 29.4 Å². The van der Waals surface area contributed by atoms with E-state index >= 15 is 0 Å². The molecule has 0 bridgehead atoms. The number of fused-ring (bicyclic) bond motifs is 1. The third-order valence-electron chi connectivity index (χ3n) is 5.11. The second kappa shape index (κ2) is 10.3. The molecule has 1 aliphatic heterocycles. The van der Waals surface area contributed by atoms with Crippen LogP contribution in [-0.4, -0.2) is 65.4 Å². The third kappa shape index (κ3) is 5.66. The van der Waals surface area contributed by atoms with Crippen molar-refractivity contribution in [1.29, 1.82) is 0 Å². The monoisotopic (exact) mass is 372 g/mol. The number of pyridine rings is 1. The molecule has 1 fully saturated rings. The van der Waals surface area contributed by atoms with Gasteiger partial charge < -0.3 is 15.0 Å². The number of aryl methyl sites for hydroxylation is 1. The van der Waals surface area contributed by atoms with Gasteiger partial charge in [-0.2, -0.15) is 0 Å². The van der Waals surface area contributed by atoms with Crippen molar-refractivity contribution in [3.05, 3.63) is 30.2 Å². The number of hydrogen-bond donors (Lipinski definition) is 1. The van der Waals surface area contributed by atoms with E-state index in [0.29, 0.717) is 0 Å². The van der Waals surface area contributed by atoms with Crippen LogP contribution in [0.1, 0.15) is 38.4 Å². The Labute approximate surface area is 161 Å². The molecular weight excluding hydrogens is 340 g/mol. The molecule has 2 aromatic heterocycles. The normalized spacial score (nSPS) is 16.0. The van der Waals surface area contributed by atoms with Gasteiger partial charge in [-0.1, -0.05) is 6.07 Å². The molecule has 27 heavy (non-hydrogen) atoms. The number of ether oxygens (including phenoxy) is 1. The highest BCUT2D eigenvalue weighted by Crippen LogP contribution is 2.18.